The molecule has 0 aliphatic heterocycles. The summed E-state index contributed by atoms with van der Waals surface area (Å²) < 4.78 is 5.06. The van der Waals surface area contributed by atoms with Crippen LogP contribution in [0.5, 0.6) is 0 Å². The van der Waals surface area contributed by atoms with E-state index < -0.39 is 0 Å². The van der Waals surface area contributed by atoms with Crippen molar-refractivity contribution in [2.45, 2.75) is 18.7 Å². The molecule has 94 valence electrons. The van der Waals surface area contributed by atoms with Gasteiger partial charge in [-0.25, -0.2) is 4.98 Å². The van der Waals surface area contributed by atoms with E-state index in [0.717, 1.165) is 11.3 Å². The lowest BCUT2D eigenvalue weighted by Gasteiger charge is -2.11. The second-order valence-corrected chi connectivity index (χ2v) is 5.30. The van der Waals surface area contributed by atoms with Gasteiger partial charge in [-0.05, 0) is 25.5 Å². The monoisotopic (exact) mass is 308 g/mol. The summed E-state index contributed by atoms with van der Waals surface area (Å²) in [7, 11) is 0. The lowest BCUT2D eigenvalue weighted by molar-refractivity contribution is 0.0996. The molecule has 1 amide bonds. The van der Waals surface area contributed by atoms with Crippen LogP contribution in [0.25, 0.3) is 0 Å². The van der Waals surface area contributed by atoms with Crippen LogP contribution in [0.4, 0.5) is 5.69 Å². The molecule has 2 rings (SSSR count). The molecule has 4 nitrogen and oxygen atoms in total. The molecule has 1 heterocycles. The third-order valence-corrected chi connectivity index (χ3v) is 3.08. The van der Waals surface area contributed by atoms with Crippen molar-refractivity contribution in [2.75, 3.05) is 5.32 Å². The Morgan fingerprint density at radius 2 is 2.17 bits per heavy atom. The van der Waals surface area contributed by atoms with Gasteiger partial charge in [0.15, 0.2) is 6.39 Å². The first-order valence-corrected chi connectivity index (χ1v) is 6.45. The molecule has 0 aliphatic carbocycles. The van der Waals surface area contributed by atoms with Gasteiger partial charge in [0.25, 0.3) is 5.91 Å². The topological polar surface area (TPSA) is 55.1 Å². The van der Waals surface area contributed by atoms with Gasteiger partial charge in [-0.3, -0.25) is 4.79 Å². The zero-order chi connectivity index (χ0) is 13.1. The lowest BCUT2D eigenvalue weighted by atomic mass is 10.1. The van der Waals surface area contributed by atoms with E-state index in [1.807, 2.05) is 31.2 Å². The maximum absolute atomic E-state index is 12.0. The van der Waals surface area contributed by atoms with Crippen LogP contribution in [0.3, 0.4) is 0 Å². The molecule has 1 N–H and O–H groups in total. The molecule has 2 aromatic rings. The average molecular weight is 309 g/mol. The largest absolute Gasteiger partial charge is 0.438 e. The first kappa shape index (κ1) is 12.8. The number of amides is 1. The molecule has 1 aromatic carbocycles. The van der Waals surface area contributed by atoms with Crippen LogP contribution in [0.1, 0.15) is 33.6 Å². The number of aromatic nitrogens is 1. The number of anilines is 1. The summed E-state index contributed by atoms with van der Waals surface area (Å²) in [6, 6.07) is 7.63. The highest BCUT2D eigenvalue weighted by molar-refractivity contribution is 9.09. The summed E-state index contributed by atoms with van der Waals surface area (Å²) >= 11 is 3.50. The summed E-state index contributed by atoms with van der Waals surface area (Å²) in [6.07, 6.45) is 1.27. The Labute approximate surface area is 114 Å². The first-order chi connectivity index (χ1) is 8.59. The SMILES string of the molecule is Cc1ncoc1C(=O)Nc1ccccc1C(C)Br. The number of carbonyl (C=O) groups is 1. The lowest BCUT2D eigenvalue weighted by Crippen LogP contribution is -2.13. The van der Waals surface area contributed by atoms with Crippen molar-refractivity contribution in [3.8, 4) is 0 Å². The van der Waals surface area contributed by atoms with Crippen LogP contribution >= 0.6 is 15.9 Å². The van der Waals surface area contributed by atoms with E-state index in [2.05, 4.69) is 26.2 Å². The summed E-state index contributed by atoms with van der Waals surface area (Å²) in [6.45, 7) is 3.74. The molecule has 0 fully saturated rings. The van der Waals surface area contributed by atoms with Gasteiger partial charge in [0.05, 0.1) is 5.69 Å². The van der Waals surface area contributed by atoms with Crippen molar-refractivity contribution < 1.29 is 9.21 Å². The average Bonchev–Trinajstić information content (AvgIpc) is 2.76. The highest BCUT2D eigenvalue weighted by atomic mass is 79.9. The Morgan fingerprint density at radius 1 is 1.44 bits per heavy atom. The summed E-state index contributed by atoms with van der Waals surface area (Å²) in [5.74, 6) is -0.0439. The van der Waals surface area contributed by atoms with Gasteiger partial charge in [0.2, 0.25) is 5.76 Å². The number of hydrogen-bond acceptors (Lipinski definition) is 3. The minimum Gasteiger partial charge on any atom is -0.438 e. The number of aryl methyl sites for hydroxylation is 1. The normalized spacial score (nSPS) is 12.2. The van der Waals surface area contributed by atoms with E-state index in [9.17, 15) is 4.79 Å². The second kappa shape index (κ2) is 5.35. The number of halogens is 1. The highest BCUT2D eigenvalue weighted by Gasteiger charge is 2.16. The molecule has 18 heavy (non-hydrogen) atoms. The Bertz CT molecular complexity index is 564. The van der Waals surface area contributed by atoms with Gasteiger partial charge in [-0.1, -0.05) is 34.1 Å². The van der Waals surface area contributed by atoms with Gasteiger partial charge >= 0.3 is 0 Å². The summed E-state index contributed by atoms with van der Waals surface area (Å²) in [5.41, 5.74) is 2.36. The van der Waals surface area contributed by atoms with Crippen molar-refractivity contribution in [1.29, 1.82) is 0 Å². The molecular weight excluding hydrogens is 296 g/mol. The van der Waals surface area contributed by atoms with Crippen LogP contribution < -0.4 is 5.32 Å². The first-order valence-electron chi connectivity index (χ1n) is 5.54. The number of hydrogen-bond donors (Lipinski definition) is 1. The summed E-state index contributed by atoms with van der Waals surface area (Å²) in [5, 5.41) is 2.83. The van der Waals surface area contributed by atoms with E-state index in [-0.39, 0.29) is 16.5 Å². The van der Waals surface area contributed by atoms with Crippen molar-refractivity contribution >= 4 is 27.5 Å². The maximum atomic E-state index is 12.0. The zero-order valence-electron chi connectivity index (χ0n) is 10.1. The Balaban J connectivity index is 2.25. The van der Waals surface area contributed by atoms with Gasteiger partial charge in [-0.2, -0.15) is 0 Å². The molecule has 0 saturated carbocycles. The quantitative estimate of drug-likeness (QED) is 0.880. The number of nitrogens with one attached hydrogen (secondary N) is 1. The van der Waals surface area contributed by atoms with Crippen molar-refractivity contribution in [3.05, 3.63) is 47.7 Å². The number of nitrogens with zero attached hydrogens (tertiary/aromatic N) is 1. The predicted molar refractivity (Wildman–Crippen MR) is 73.0 cm³/mol. The van der Waals surface area contributed by atoms with Crippen LogP contribution in [-0.4, -0.2) is 10.9 Å². The van der Waals surface area contributed by atoms with Gasteiger partial charge < -0.3 is 9.73 Å². The minimum absolute atomic E-state index is 0.157. The van der Waals surface area contributed by atoms with Crippen molar-refractivity contribution in [2.24, 2.45) is 0 Å². The number of para-hydroxylation sites is 1. The fourth-order valence-corrected chi connectivity index (χ4v) is 2.06. The van der Waals surface area contributed by atoms with Crippen LogP contribution in [0.15, 0.2) is 35.1 Å². The van der Waals surface area contributed by atoms with Crippen molar-refractivity contribution in [1.82, 2.24) is 4.98 Å². The van der Waals surface area contributed by atoms with E-state index in [1.54, 1.807) is 6.92 Å². The molecule has 0 saturated heterocycles. The second-order valence-electron chi connectivity index (χ2n) is 3.92. The van der Waals surface area contributed by atoms with Gasteiger partial charge in [0.1, 0.15) is 0 Å². The van der Waals surface area contributed by atoms with E-state index >= 15 is 0 Å². The number of alkyl halides is 1. The molecule has 1 aromatic heterocycles. The third-order valence-electron chi connectivity index (χ3n) is 2.59. The van der Waals surface area contributed by atoms with Crippen LogP contribution in [0, 0.1) is 6.92 Å². The van der Waals surface area contributed by atoms with Gasteiger partial charge in [0, 0.05) is 10.5 Å². The minimum atomic E-state index is -0.286. The molecule has 0 radical (unpaired) electrons. The fraction of sp³-hybridized carbons (Fsp3) is 0.231. The smallest absolute Gasteiger partial charge is 0.293 e. The molecular formula is C13H13BrN2O2. The zero-order valence-corrected chi connectivity index (χ0v) is 11.7. The number of benzene rings is 1. The summed E-state index contributed by atoms with van der Waals surface area (Å²) in [4.78, 5) is 16.1. The molecule has 1 atom stereocenters. The van der Waals surface area contributed by atoms with Gasteiger partial charge in [-0.15, -0.1) is 0 Å². The fourth-order valence-electron chi connectivity index (χ4n) is 1.66. The molecule has 1 unspecified atom stereocenters. The molecule has 0 spiro atoms. The number of oxazole rings is 1. The van der Waals surface area contributed by atoms with Crippen LogP contribution in [0.2, 0.25) is 0 Å². The Hall–Kier alpha value is -1.62. The third kappa shape index (κ3) is 2.61. The van der Waals surface area contributed by atoms with E-state index in [0.29, 0.717) is 5.69 Å². The van der Waals surface area contributed by atoms with Crippen molar-refractivity contribution in [3.63, 3.8) is 0 Å². The standard InChI is InChI=1S/C13H13BrN2O2/c1-8(14)10-5-3-4-6-11(10)16-13(17)12-9(2)15-7-18-12/h3-8H,1-2H3,(H,16,17). The molecule has 5 heteroatoms. The molecule has 0 bridgehead atoms. The highest BCUT2D eigenvalue weighted by Crippen LogP contribution is 2.28. The number of rotatable bonds is 3. The Morgan fingerprint density at radius 3 is 2.78 bits per heavy atom. The van der Waals surface area contributed by atoms with E-state index in [4.69, 9.17) is 4.42 Å². The molecule has 0 aliphatic rings. The Kier molecular flexibility index (Phi) is 3.81. The van der Waals surface area contributed by atoms with Crippen LogP contribution in [-0.2, 0) is 0 Å². The van der Waals surface area contributed by atoms with E-state index in [1.165, 1.54) is 6.39 Å². The number of carbonyl (C=O) groups excluding carboxylic acids is 1. The predicted octanol–water partition coefficient (Wildman–Crippen LogP) is 3.69. The maximum Gasteiger partial charge on any atom is 0.293 e.